The lowest BCUT2D eigenvalue weighted by molar-refractivity contribution is -0.118. The summed E-state index contributed by atoms with van der Waals surface area (Å²) in [6.07, 6.45) is 2.14. The van der Waals surface area contributed by atoms with Crippen LogP contribution < -0.4 is 0 Å². The maximum atomic E-state index is 11.1. The third kappa shape index (κ3) is 0.988. The minimum absolute atomic E-state index is 0.0675. The van der Waals surface area contributed by atoms with E-state index in [9.17, 15) is 4.79 Å². The highest BCUT2D eigenvalue weighted by atomic mass is 16.3. The van der Waals surface area contributed by atoms with Crippen LogP contribution in [0.5, 0.6) is 0 Å². The third-order valence-electron chi connectivity index (χ3n) is 2.61. The predicted molar refractivity (Wildman–Crippen MR) is 44.8 cm³/mol. The molecule has 2 rings (SSSR count). The topological polar surface area (TPSA) is 54.0 Å². The van der Waals surface area contributed by atoms with Crippen molar-refractivity contribution in [3.05, 3.63) is 24.2 Å². The number of Topliss-reactive ketones (excluding diaryl/α,β-unsaturated/α-hetero) is 1. The predicted octanol–water partition coefficient (Wildman–Crippen LogP) is 1.65. The lowest BCUT2D eigenvalue weighted by atomic mass is 10.0. The molecule has 0 saturated heterocycles. The Hall–Kier alpha value is -1.56. The van der Waals surface area contributed by atoms with E-state index in [-0.39, 0.29) is 11.7 Å². The molecule has 0 bridgehead atoms. The summed E-state index contributed by atoms with van der Waals surface area (Å²) >= 11 is 0. The molecule has 0 N–H and O–H groups in total. The number of carbonyl (C=O) groups excluding carboxylic acids is 1. The second-order valence-corrected chi connectivity index (χ2v) is 3.43. The molecule has 1 heterocycles. The summed E-state index contributed by atoms with van der Waals surface area (Å²) in [5.74, 6) is 0.525. The highest BCUT2D eigenvalue weighted by molar-refractivity contribution is 5.85. The number of furan rings is 1. The molecule has 13 heavy (non-hydrogen) atoms. The highest BCUT2D eigenvalue weighted by Gasteiger charge is 2.60. The SMILES string of the molecule is CC(=O)[C@@H]1C[C@@]1(C#N)c1ccco1. The molecule has 1 aromatic heterocycles. The van der Waals surface area contributed by atoms with Crippen molar-refractivity contribution in [3.63, 3.8) is 0 Å². The molecular formula is C10H9NO2. The fourth-order valence-electron chi connectivity index (χ4n) is 1.74. The molecule has 0 unspecified atom stereocenters. The molecule has 0 aromatic carbocycles. The maximum absolute atomic E-state index is 11.1. The first kappa shape index (κ1) is 8.06. The van der Waals surface area contributed by atoms with Gasteiger partial charge in [0.15, 0.2) is 0 Å². The molecule has 0 amide bonds. The Morgan fingerprint density at radius 2 is 2.62 bits per heavy atom. The van der Waals surface area contributed by atoms with Crippen LogP contribution in [0.3, 0.4) is 0 Å². The first-order valence-corrected chi connectivity index (χ1v) is 4.16. The van der Waals surface area contributed by atoms with Crippen LogP contribution in [0, 0.1) is 17.2 Å². The quantitative estimate of drug-likeness (QED) is 0.686. The third-order valence-corrected chi connectivity index (χ3v) is 2.61. The van der Waals surface area contributed by atoms with Crippen molar-refractivity contribution in [2.75, 3.05) is 0 Å². The van der Waals surface area contributed by atoms with Crippen molar-refractivity contribution in [1.29, 1.82) is 5.26 Å². The number of hydrogen-bond acceptors (Lipinski definition) is 3. The summed E-state index contributed by atoms with van der Waals surface area (Å²) in [6, 6.07) is 5.67. The molecule has 3 nitrogen and oxygen atoms in total. The highest BCUT2D eigenvalue weighted by Crippen LogP contribution is 2.54. The van der Waals surface area contributed by atoms with Crippen LogP contribution in [0.15, 0.2) is 22.8 Å². The number of hydrogen-bond donors (Lipinski definition) is 0. The van der Waals surface area contributed by atoms with E-state index >= 15 is 0 Å². The zero-order valence-electron chi connectivity index (χ0n) is 7.28. The molecule has 1 aliphatic carbocycles. The number of rotatable bonds is 2. The second kappa shape index (κ2) is 2.46. The summed E-state index contributed by atoms with van der Waals surface area (Å²) in [4.78, 5) is 11.1. The van der Waals surface area contributed by atoms with Gasteiger partial charge in [-0.3, -0.25) is 4.79 Å². The van der Waals surface area contributed by atoms with Crippen LogP contribution >= 0.6 is 0 Å². The van der Waals surface area contributed by atoms with Gasteiger partial charge in [-0.2, -0.15) is 5.26 Å². The van der Waals surface area contributed by atoms with Gasteiger partial charge < -0.3 is 4.42 Å². The smallest absolute Gasteiger partial charge is 0.135 e. The molecule has 0 aliphatic heterocycles. The van der Waals surface area contributed by atoms with Crippen LogP contribution in [0.1, 0.15) is 19.1 Å². The molecule has 1 aliphatic rings. The minimum atomic E-state index is -0.657. The Balaban J connectivity index is 2.33. The maximum Gasteiger partial charge on any atom is 0.135 e. The van der Waals surface area contributed by atoms with Crippen LogP contribution in [-0.4, -0.2) is 5.78 Å². The lowest BCUT2D eigenvalue weighted by Crippen LogP contribution is -2.10. The van der Waals surface area contributed by atoms with Crippen molar-refractivity contribution >= 4 is 5.78 Å². The molecule has 3 heteroatoms. The average Bonchev–Trinajstić information content (AvgIpc) is 2.62. The van der Waals surface area contributed by atoms with Crippen molar-refractivity contribution in [3.8, 4) is 6.07 Å². The van der Waals surface area contributed by atoms with Gasteiger partial charge in [0.1, 0.15) is 17.0 Å². The molecule has 2 atom stereocenters. The largest absolute Gasteiger partial charge is 0.468 e. The van der Waals surface area contributed by atoms with Gasteiger partial charge in [-0.25, -0.2) is 0 Å². The van der Waals surface area contributed by atoms with E-state index in [2.05, 4.69) is 6.07 Å². The van der Waals surface area contributed by atoms with Crippen LogP contribution in [0.2, 0.25) is 0 Å². The Kier molecular flexibility index (Phi) is 1.53. The van der Waals surface area contributed by atoms with Crippen molar-refractivity contribution in [2.24, 2.45) is 5.92 Å². The molecule has 0 radical (unpaired) electrons. The minimum Gasteiger partial charge on any atom is -0.468 e. The van der Waals surface area contributed by atoms with Gasteiger partial charge in [-0.05, 0) is 25.5 Å². The fourth-order valence-corrected chi connectivity index (χ4v) is 1.74. The molecule has 1 saturated carbocycles. The van der Waals surface area contributed by atoms with Crippen molar-refractivity contribution < 1.29 is 9.21 Å². The monoisotopic (exact) mass is 175 g/mol. The second-order valence-electron chi connectivity index (χ2n) is 3.43. The summed E-state index contributed by atoms with van der Waals surface area (Å²) in [7, 11) is 0. The van der Waals surface area contributed by atoms with Gasteiger partial charge in [0.25, 0.3) is 0 Å². The Morgan fingerprint density at radius 3 is 3.00 bits per heavy atom. The first-order valence-electron chi connectivity index (χ1n) is 4.16. The van der Waals surface area contributed by atoms with Gasteiger partial charge in [-0.1, -0.05) is 0 Å². The number of ketones is 1. The normalized spacial score (nSPS) is 30.9. The first-order chi connectivity index (χ1) is 6.20. The van der Waals surface area contributed by atoms with E-state index in [1.165, 1.54) is 13.2 Å². The van der Waals surface area contributed by atoms with Gasteiger partial charge in [0, 0.05) is 5.92 Å². The number of carbonyl (C=O) groups is 1. The number of nitrogens with zero attached hydrogens (tertiary/aromatic N) is 1. The summed E-state index contributed by atoms with van der Waals surface area (Å²) in [6.45, 7) is 1.52. The van der Waals surface area contributed by atoms with Gasteiger partial charge in [0.05, 0.1) is 12.3 Å². The Morgan fingerprint density at radius 1 is 1.85 bits per heavy atom. The standard InChI is InChI=1S/C10H9NO2/c1-7(12)8-5-10(8,6-11)9-3-2-4-13-9/h2-4,8H,5H2,1H3/t8-,10-/m0/s1. The van der Waals surface area contributed by atoms with E-state index in [1.807, 2.05) is 0 Å². The summed E-state index contributed by atoms with van der Waals surface area (Å²) < 4.78 is 5.16. The zero-order chi connectivity index (χ0) is 9.47. The van der Waals surface area contributed by atoms with E-state index in [4.69, 9.17) is 9.68 Å². The molecule has 66 valence electrons. The Labute approximate surface area is 76.0 Å². The van der Waals surface area contributed by atoms with Crippen LogP contribution in [0.25, 0.3) is 0 Å². The van der Waals surface area contributed by atoms with Crippen molar-refractivity contribution in [1.82, 2.24) is 0 Å². The summed E-state index contributed by atoms with van der Waals surface area (Å²) in [5.41, 5.74) is -0.657. The summed E-state index contributed by atoms with van der Waals surface area (Å²) in [5, 5.41) is 8.99. The van der Waals surface area contributed by atoms with E-state index < -0.39 is 5.41 Å². The molecule has 0 spiro atoms. The van der Waals surface area contributed by atoms with E-state index in [0.717, 1.165) is 0 Å². The zero-order valence-corrected chi connectivity index (χ0v) is 7.28. The van der Waals surface area contributed by atoms with Crippen LogP contribution in [-0.2, 0) is 10.2 Å². The molecular weight excluding hydrogens is 166 g/mol. The van der Waals surface area contributed by atoms with Gasteiger partial charge in [-0.15, -0.1) is 0 Å². The average molecular weight is 175 g/mol. The lowest BCUT2D eigenvalue weighted by Gasteiger charge is -2.01. The van der Waals surface area contributed by atoms with E-state index in [1.54, 1.807) is 12.1 Å². The molecule has 1 aromatic rings. The number of nitriles is 1. The van der Waals surface area contributed by atoms with Gasteiger partial charge in [0.2, 0.25) is 0 Å². The fraction of sp³-hybridized carbons (Fsp3) is 0.400. The van der Waals surface area contributed by atoms with E-state index in [0.29, 0.717) is 12.2 Å². The van der Waals surface area contributed by atoms with Crippen LogP contribution in [0.4, 0.5) is 0 Å². The molecule has 1 fully saturated rings. The van der Waals surface area contributed by atoms with Gasteiger partial charge >= 0.3 is 0 Å². The Bertz CT molecular complexity index is 374. The van der Waals surface area contributed by atoms with Crippen molar-refractivity contribution in [2.45, 2.75) is 18.8 Å².